The first-order valence-electron chi connectivity index (χ1n) is 16.7. The third kappa shape index (κ3) is 5.04. The number of hydrogen-bond acceptors (Lipinski definition) is 4. The van der Waals surface area contributed by atoms with Gasteiger partial charge in [-0.15, -0.1) is 0 Å². The number of benzene rings is 1. The molecule has 2 spiro atoms. The van der Waals surface area contributed by atoms with E-state index in [0.29, 0.717) is 11.3 Å². The number of fused-ring (bicyclic) bond motifs is 4. The zero-order chi connectivity index (χ0) is 30.3. The molecular weight excluding hydrogens is 534 g/mol. The molecule has 2 aliphatic carbocycles. The van der Waals surface area contributed by atoms with Gasteiger partial charge in [0.25, 0.3) is 0 Å². The molecule has 5 heteroatoms. The molecule has 0 N–H and O–H groups in total. The zero-order valence-electron chi connectivity index (χ0n) is 28.1. The molecule has 1 aromatic heterocycles. The standard InChI is InChI=1S/C37H55NO3Si/c1-24(2)32-30-31(29-27(38-32)22-36(16-11-17-36)23-28(29)41-42(9,10)35(6,7)8)37(18-20-39-21-19-37)40-33(30)25-12-14-26(15-13-25)34(3,4)5/h12-15,24,28,33H,11,16-23H2,1-10H3/t28-,33+/m0/s1. The molecule has 3 heterocycles. The highest BCUT2D eigenvalue weighted by Crippen LogP contribution is 2.61. The summed E-state index contributed by atoms with van der Waals surface area (Å²) in [7, 11) is -2.04. The second-order valence-electron chi connectivity index (χ2n) is 16.9. The lowest BCUT2D eigenvalue weighted by Gasteiger charge is -2.51. The van der Waals surface area contributed by atoms with E-state index < -0.39 is 8.32 Å². The Kier molecular flexibility index (Phi) is 7.44. The van der Waals surface area contributed by atoms with Gasteiger partial charge in [0.2, 0.25) is 0 Å². The van der Waals surface area contributed by atoms with Gasteiger partial charge >= 0.3 is 0 Å². The number of hydrogen-bond donors (Lipinski definition) is 0. The Balaban J connectivity index is 1.58. The molecule has 230 valence electrons. The van der Waals surface area contributed by atoms with E-state index in [9.17, 15) is 0 Å². The molecule has 4 aliphatic rings. The number of nitrogens with zero attached hydrogens (tertiary/aromatic N) is 1. The molecule has 2 aromatic rings. The van der Waals surface area contributed by atoms with Crippen LogP contribution in [0.4, 0.5) is 0 Å². The van der Waals surface area contributed by atoms with Crippen LogP contribution in [0.25, 0.3) is 0 Å². The molecule has 0 amide bonds. The normalized spacial score (nSPS) is 25.0. The van der Waals surface area contributed by atoms with Crippen LogP contribution in [0.1, 0.15) is 151 Å². The number of ether oxygens (including phenoxy) is 2. The molecule has 2 fully saturated rings. The van der Waals surface area contributed by atoms with Crippen molar-refractivity contribution < 1.29 is 13.9 Å². The van der Waals surface area contributed by atoms with Crippen molar-refractivity contribution in [3.8, 4) is 0 Å². The van der Waals surface area contributed by atoms with Crippen LogP contribution in [-0.2, 0) is 31.3 Å². The van der Waals surface area contributed by atoms with Crippen LogP contribution in [0.2, 0.25) is 18.1 Å². The molecular formula is C37H55NO3Si. The second kappa shape index (κ2) is 10.3. The zero-order valence-corrected chi connectivity index (χ0v) is 29.1. The van der Waals surface area contributed by atoms with Crippen molar-refractivity contribution >= 4 is 8.32 Å². The SMILES string of the molecule is CC(C)c1nc2c(c3c1[C@@H](c1ccc(C(C)(C)C)cc1)OC31CCOCC1)[C@@H](O[Si](C)(C)C(C)(C)C)CC1(CCC1)C2. The maximum atomic E-state index is 7.47. The third-order valence-electron chi connectivity index (χ3n) is 11.5. The van der Waals surface area contributed by atoms with Crippen molar-refractivity contribution in [2.24, 2.45) is 5.41 Å². The third-order valence-corrected chi connectivity index (χ3v) is 16.0. The lowest BCUT2D eigenvalue weighted by atomic mass is 9.58. The monoisotopic (exact) mass is 589 g/mol. The molecule has 42 heavy (non-hydrogen) atoms. The van der Waals surface area contributed by atoms with Gasteiger partial charge in [0.05, 0.1) is 11.7 Å². The van der Waals surface area contributed by atoms with E-state index in [-0.39, 0.29) is 28.3 Å². The summed E-state index contributed by atoms with van der Waals surface area (Å²) >= 11 is 0. The summed E-state index contributed by atoms with van der Waals surface area (Å²) in [5, 5.41) is 0.149. The molecule has 1 saturated carbocycles. The fourth-order valence-electron chi connectivity index (χ4n) is 7.78. The Bertz CT molecular complexity index is 1320. The van der Waals surface area contributed by atoms with E-state index in [2.05, 4.69) is 92.7 Å². The minimum atomic E-state index is -2.04. The smallest absolute Gasteiger partial charge is 0.192 e. The Morgan fingerprint density at radius 2 is 1.57 bits per heavy atom. The number of rotatable bonds is 4. The van der Waals surface area contributed by atoms with Crippen LogP contribution < -0.4 is 0 Å². The molecule has 4 nitrogen and oxygen atoms in total. The highest BCUT2D eigenvalue weighted by atomic mass is 28.4. The molecule has 0 bridgehead atoms. The summed E-state index contributed by atoms with van der Waals surface area (Å²) in [5.41, 5.74) is 9.42. The van der Waals surface area contributed by atoms with Gasteiger partial charge in [-0.2, -0.15) is 0 Å². The highest BCUT2D eigenvalue weighted by molar-refractivity contribution is 6.74. The predicted octanol–water partition coefficient (Wildman–Crippen LogP) is 9.81. The number of aromatic nitrogens is 1. The summed E-state index contributed by atoms with van der Waals surface area (Å²) in [6, 6.07) is 9.23. The first-order chi connectivity index (χ1) is 19.6. The average Bonchev–Trinajstić information content (AvgIpc) is 3.20. The summed E-state index contributed by atoms with van der Waals surface area (Å²) in [6.45, 7) is 24.9. The van der Waals surface area contributed by atoms with Crippen molar-refractivity contribution in [3.05, 3.63) is 63.5 Å². The van der Waals surface area contributed by atoms with Gasteiger partial charge in [-0.3, -0.25) is 4.98 Å². The van der Waals surface area contributed by atoms with Gasteiger partial charge < -0.3 is 13.9 Å². The second-order valence-corrected chi connectivity index (χ2v) is 21.6. The van der Waals surface area contributed by atoms with Crippen LogP contribution in [0.5, 0.6) is 0 Å². The van der Waals surface area contributed by atoms with Gasteiger partial charge in [-0.05, 0) is 77.3 Å². The van der Waals surface area contributed by atoms with Crippen molar-refractivity contribution in [2.45, 2.75) is 148 Å². The van der Waals surface area contributed by atoms with Crippen LogP contribution in [0.15, 0.2) is 24.3 Å². The van der Waals surface area contributed by atoms with E-state index >= 15 is 0 Å². The average molecular weight is 590 g/mol. The Morgan fingerprint density at radius 1 is 0.929 bits per heavy atom. The molecule has 0 unspecified atom stereocenters. The minimum Gasteiger partial charge on any atom is -0.410 e. The van der Waals surface area contributed by atoms with E-state index in [1.54, 1.807) is 0 Å². The van der Waals surface area contributed by atoms with Gasteiger partial charge in [-0.25, -0.2) is 0 Å². The fraction of sp³-hybridized carbons (Fsp3) is 0.703. The molecule has 0 radical (unpaired) electrons. The van der Waals surface area contributed by atoms with E-state index in [1.807, 2.05) is 0 Å². The first kappa shape index (κ1) is 30.5. The molecule has 2 aliphatic heterocycles. The van der Waals surface area contributed by atoms with Gasteiger partial charge in [0.15, 0.2) is 8.32 Å². The largest absolute Gasteiger partial charge is 0.410 e. The Morgan fingerprint density at radius 3 is 2.10 bits per heavy atom. The van der Waals surface area contributed by atoms with E-state index in [1.165, 1.54) is 58.5 Å². The molecule has 1 aromatic carbocycles. The minimum absolute atomic E-state index is 0.0859. The summed E-state index contributed by atoms with van der Waals surface area (Å²) in [5.74, 6) is 0.318. The lowest BCUT2D eigenvalue weighted by molar-refractivity contribution is -0.122. The maximum Gasteiger partial charge on any atom is 0.192 e. The van der Waals surface area contributed by atoms with Crippen LogP contribution in [-0.4, -0.2) is 26.5 Å². The van der Waals surface area contributed by atoms with E-state index in [0.717, 1.165) is 38.9 Å². The highest BCUT2D eigenvalue weighted by Gasteiger charge is 2.55. The summed E-state index contributed by atoms with van der Waals surface area (Å²) in [4.78, 5) is 5.64. The quantitative estimate of drug-likeness (QED) is 0.333. The van der Waals surface area contributed by atoms with Gasteiger partial charge in [0.1, 0.15) is 6.10 Å². The predicted molar refractivity (Wildman–Crippen MR) is 174 cm³/mol. The van der Waals surface area contributed by atoms with Gasteiger partial charge in [0, 0.05) is 48.6 Å². The molecule has 2 atom stereocenters. The van der Waals surface area contributed by atoms with Crippen molar-refractivity contribution in [2.75, 3.05) is 13.2 Å². The summed E-state index contributed by atoms with van der Waals surface area (Å²) in [6.07, 6.45) is 7.91. The Labute approximate surface area is 256 Å². The topological polar surface area (TPSA) is 40.6 Å². The Hall–Kier alpha value is -1.53. The first-order valence-corrected chi connectivity index (χ1v) is 19.6. The van der Waals surface area contributed by atoms with E-state index in [4.69, 9.17) is 18.9 Å². The van der Waals surface area contributed by atoms with Crippen molar-refractivity contribution in [1.82, 2.24) is 4.98 Å². The van der Waals surface area contributed by atoms with Crippen molar-refractivity contribution in [3.63, 3.8) is 0 Å². The molecule has 1 saturated heterocycles. The van der Waals surface area contributed by atoms with Crippen molar-refractivity contribution in [1.29, 1.82) is 0 Å². The van der Waals surface area contributed by atoms with Crippen LogP contribution in [0.3, 0.4) is 0 Å². The lowest BCUT2D eigenvalue weighted by Crippen LogP contribution is -2.47. The van der Waals surface area contributed by atoms with Gasteiger partial charge in [-0.1, -0.05) is 86.1 Å². The fourth-order valence-corrected chi connectivity index (χ4v) is 9.05. The molecule has 6 rings (SSSR count). The number of pyridine rings is 1. The van der Waals surface area contributed by atoms with Crippen LogP contribution in [0, 0.1) is 5.41 Å². The van der Waals surface area contributed by atoms with Crippen LogP contribution >= 0.6 is 0 Å². The maximum absolute atomic E-state index is 7.47. The summed E-state index contributed by atoms with van der Waals surface area (Å²) < 4.78 is 20.8.